The zero-order valence-electron chi connectivity index (χ0n) is 26.2. The minimum atomic E-state index is -0.802. The monoisotopic (exact) mass is 640 g/mol. The van der Waals surface area contributed by atoms with E-state index < -0.39 is 12.0 Å². The van der Waals surface area contributed by atoms with E-state index in [1.165, 1.54) is 16.7 Å². The van der Waals surface area contributed by atoms with Crippen LogP contribution in [0.2, 0.25) is 0 Å². The van der Waals surface area contributed by atoms with Crippen LogP contribution in [-0.2, 0) is 16.1 Å². The summed E-state index contributed by atoms with van der Waals surface area (Å²) in [4.78, 5) is 33.1. The molecule has 1 atom stereocenters. The number of rotatable bonds is 8. The number of fused-ring (bicyclic) bond motifs is 3. The summed E-state index contributed by atoms with van der Waals surface area (Å²) in [5.41, 5.74) is 3.17. The molecule has 0 saturated carbocycles. The molecule has 234 valence electrons. The van der Waals surface area contributed by atoms with Gasteiger partial charge in [0.05, 0.1) is 29.5 Å². The molecule has 7 rings (SSSR count). The molecule has 1 aliphatic rings. The van der Waals surface area contributed by atoms with Gasteiger partial charge in [-0.15, -0.1) is 0 Å². The summed E-state index contributed by atoms with van der Waals surface area (Å²) in [6.45, 7) is 4.15. The Balaban J connectivity index is 1.32. The van der Waals surface area contributed by atoms with Gasteiger partial charge in [0.25, 0.3) is 5.56 Å². The molecule has 1 aliphatic heterocycles. The van der Waals surface area contributed by atoms with E-state index in [1.54, 1.807) is 25.5 Å². The molecule has 0 unspecified atom stereocenters. The van der Waals surface area contributed by atoms with Gasteiger partial charge in [-0.2, -0.15) is 0 Å². The van der Waals surface area contributed by atoms with Crippen LogP contribution in [0.5, 0.6) is 11.5 Å². The highest BCUT2D eigenvalue weighted by molar-refractivity contribution is 7.07. The van der Waals surface area contributed by atoms with Gasteiger partial charge >= 0.3 is 5.97 Å². The van der Waals surface area contributed by atoms with Crippen LogP contribution in [0.1, 0.15) is 36.6 Å². The van der Waals surface area contributed by atoms with Gasteiger partial charge in [0.1, 0.15) is 24.1 Å². The van der Waals surface area contributed by atoms with Gasteiger partial charge in [-0.05, 0) is 70.8 Å². The average molecular weight is 641 g/mol. The molecular weight excluding hydrogens is 609 g/mol. The second-order valence-corrected chi connectivity index (χ2v) is 12.2. The zero-order chi connectivity index (χ0) is 32.5. The third-order valence-corrected chi connectivity index (χ3v) is 9.35. The lowest BCUT2D eigenvalue weighted by Gasteiger charge is -2.27. The molecule has 0 saturated heterocycles. The SMILES string of the molecule is CCOC(=O)C1=C(C)N=c2s/c(=C/c3cccc(OCc4cccc5ccccc45)c3)c(=O)n2[C@H]1c1c(OC)ccc2ccccc12. The lowest BCUT2D eigenvalue weighted by Crippen LogP contribution is -2.40. The van der Waals surface area contributed by atoms with Crippen molar-refractivity contribution < 1.29 is 19.0 Å². The predicted molar refractivity (Wildman–Crippen MR) is 186 cm³/mol. The van der Waals surface area contributed by atoms with Crippen molar-refractivity contribution >= 4 is 44.9 Å². The van der Waals surface area contributed by atoms with Crippen LogP contribution in [-0.4, -0.2) is 24.3 Å². The number of hydrogen-bond donors (Lipinski definition) is 0. The molecule has 0 bridgehead atoms. The maximum Gasteiger partial charge on any atom is 0.338 e. The summed E-state index contributed by atoms with van der Waals surface area (Å²) in [5.74, 6) is 0.744. The number of benzene rings is 5. The van der Waals surface area contributed by atoms with Crippen LogP contribution in [0.15, 0.2) is 124 Å². The highest BCUT2D eigenvalue weighted by atomic mass is 32.1. The van der Waals surface area contributed by atoms with Gasteiger partial charge in [-0.1, -0.05) is 96.3 Å². The molecule has 0 spiro atoms. The lowest BCUT2D eigenvalue weighted by atomic mass is 9.90. The Kier molecular flexibility index (Phi) is 8.18. The molecule has 0 N–H and O–H groups in total. The van der Waals surface area contributed by atoms with E-state index in [2.05, 4.69) is 24.3 Å². The van der Waals surface area contributed by atoms with Crippen molar-refractivity contribution in [3.05, 3.63) is 151 Å². The predicted octanol–water partition coefficient (Wildman–Crippen LogP) is 6.69. The van der Waals surface area contributed by atoms with Crippen LogP contribution in [0.25, 0.3) is 27.6 Å². The number of esters is 1. The fraction of sp³-hybridized carbons (Fsp3) is 0.154. The number of thiazole rings is 1. The number of aromatic nitrogens is 1. The Labute approximate surface area is 275 Å². The number of ether oxygens (including phenoxy) is 3. The molecule has 1 aromatic heterocycles. The topological polar surface area (TPSA) is 79.1 Å². The summed E-state index contributed by atoms with van der Waals surface area (Å²) < 4.78 is 19.6. The summed E-state index contributed by atoms with van der Waals surface area (Å²) >= 11 is 1.28. The Hall–Kier alpha value is -5.47. The molecule has 0 radical (unpaired) electrons. The third-order valence-electron chi connectivity index (χ3n) is 8.37. The normalized spacial score (nSPS) is 14.6. The van der Waals surface area contributed by atoms with Gasteiger partial charge in [0, 0.05) is 5.56 Å². The largest absolute Gasteiger partial charge is 0.496 e. The summed E-state index contributed by atoms with van der Waals surface area (Å²) in [6, 6.07) is 33.0. The summed E-state index contributed by atoms with van der Waals surface area (Å²) in [5, 5.41) is 4.16. The Morgan fingerprint density at radius 1 is 0.915 bits per heavy atom. The highest BCUT2D eigenvalue weighted by Crippen LogP contribution is 2.40. The maximum atomic E-state index is 14.3. The van der Waals surface area contributed by atoms with Crippen molar-refractivity contribution in [3.8, 4) is 11.5 Å². The second-order valence-electron chi connectivity index (χ2n) is 11.2. The van der Waals surface area contributed by atoms with E-state index in [0.717, 1.165) is 27.3 Å². The van der Waals surface area contributed by atoms with Crippen LogP contribution in [0, 0.1) is 0 Å². The molecule has 47 heavy (non-hydrogen) atoms. The third kappa shape index (κ3) is 5.61. The molecule has 7 nitrogen and oxygen atoms in total. The first-order valence-electron chi connectivity index (χ1n) is 15.4. The first-order chi connectivity index (χ1) is 23.0. The molecule has 0 aliphatic carbocycles. The van der Waals surface area contributed by atoms with Crippen molar-refractivity contribution in [2.45, 2.75) is 26.5 Å². The van der Waals surface area contributed by atoms with E-state index in [9.17, 15) is 9.59 Å². The number of nitrogens with zero attached hydrogens (tertiary/aromatic N) is 2. The maximum absolute atomic E-state index is 14.3. The molecular formula is C39H32N2O5S. The van der Waals surface area contributed by atoms with Crippen LogP contribution < -0.4 is 24.4 Å². The quantitative estimate of drug-likeness (QED) is 0.173. The molecule has 8 heteroatoms. The minimum absolute atomic E-state index is 0.193. The van der Waals surface area contributed by atoms with Gasteiger partial charge in [-0.3, -0.25) is 9.36 Å². The van der Waals surface area contributed by atoms with Gasteiger partial charge < -0.3 is 14.2 Å². The smallest absolute Gasteiger partial charge is 0.338 e. The second kappa shape index (κ2) is 12.7. The first kappa shape index (κ1) is 30.2. The number of carbonyl (C=O) groups excluding carboxylic acids is 1. The van der Waals surface area contributed by atoms with E-state index in [0.29, 0.717) is 44.3 Å². The highest BCUT2D eigenvalue weighted by Gasteiger charge is 2.36. The molecule has 0 amide bonds. The molecule has 2 heterocycles. The standard InChI is InChI=1S/C39H32N2O5S/c1-4-45-38(43)34-24(2)40-39-41(36(34)35-31-18-8-6-13-27(31)19-20-32(35)44-3)37(42)33(47-39)22-25-11-9-16-29(21-25)46-23-28-15-10-14-26-12-5-7-17-30(26)28/h5-22,36H,4,23H2,1-3H3/b33-22+/t36-/m1/s1. The zero-order valence-corrected chi connectivity index (χ0v) is 27.0. The number of methoxy groups -OCH3 is 1. The Morgan fingerprint density at radius 3 is 2.43 bits per heavy atom. The Morgan fingerprint density at radius 2 is 1.64 bits per heavy atom. The molecule has 5 aromatic carbocycles. The van der Waals surface area contributed by atoms with Crippen molar-refractivity contribution in [1.82, 2.24) is 4.57 Å². The minimum Gasteiger partial charge on any atom is -0.496 e. The molecule has 6 aromatic rings. The van der Waals surface area contributed by atoms with Crippen LogP contribution >= 0.6 is 11.3 Å². The number of allylic oxidation sites excluding steroid dienone is 1. The number of carbonyl (C=O) groups is 1. The van der Waals surface area contributed by atoms with Crippen molar-refractivity contribution in [3.63, 3.8) is 0 Å². The first-order valence-corrected chi connectivity index (χ1v) is 16.2. The number of hydrogen-bond acceptors (Lipinski definition) is 7. The van der Waals surface area contributed by atoms with E-state index in [-0.39, 0.29) is 12.2 Å². The fourth-order valence-electron chi connectivity index (χ4n) is 6.23. The average Bonchev–Trinajstić information content (AvgIpc) is 3.39. The lowest BCUT2D eigenvalue weighted by molar-refractivity contribution is -0.139. The van der Waals surface area contributed by atoms with Crippen LogP contribution in [0.4, 0.5) is 0 Å². The molecule has 0 fully saturated rings. The van der Waals surface area contributed by atoms with Crippen LogP contribution in [0.3, 0.4) is 0 Å². The van der Waals surface area contributed by atoms with Crippen molar-refractivity contribution in [2.75, 3.05) is 13.7 Å². The van der Waals surface area contributed by atoms with E-state index in [4.69, 9.17) is 19.2 Å². The summed E-state index contributed by atoms with van der Waals surface area (Å²) in [6.07, 6.45) is 1.84. The van der Waals surface area contributed by atoms with E-state index in [1.807, 2.05) is 84.9 Å². The fourth-order valence-corrected chi connectivity index (χ4v) is 7.27. The van der Waals surface area contributed by atoms with Gasteiger partial charge in [0.2, 0.25) is 0 Å². The summed E-state index contributed by atoms with van der Waals surface area (Å²) in [7, 11) is 1.59. The van der Waals surface area contributed by atoms with Crippen molar-refractivity contribution in [2.24, 2.45) is 4.99 Å². The van der Waals surface area contributed by atoms with Gasteiger partial charge in [0.15, 0.2) is 4.80 Å². The van der Waals surface area contributed by atoms with Crippen molar-refractivity contribution in [1.29, 1.82) is 0 Å². The Bertz CT molecular complexity index is 2380. The van der Waals surface area contributed by atoms with Gasteiger partial charge in [-0.25, -0.2) is 9.79 Å². The van der Waals surface area contributed by atoms with E-state index >= 15 is 0 Å².